The van der Waals surface area contributed by atoms with E-state index in [1.54, 1.807) is 6.07 Å². The second kappa shape index (κ2) is 5.75. The maximum absolute atomic E-state index is 13.2. The largest absolute Gasteiger partial charge is 0.459 e. The zero-order valence-electron chi connectivity index (χ0n) is 12.6. The van der Waals surface area contributed by atoms with E-state index in [2.05, 4.69) is 23.9 Å². The number of rotatable bonds is 3. The molecule has 0 saturated carbocycles. The normalized spacial score (nSPS) is 22.8. The molecule has 1 aromatic heterocycles. The molecule has 0 aliphatic carbocycles. The lowest BCUT2D eigenvalue weighted by Crippen LogP contribution is -2.50. The first-order valence-electron chi connectivity index (χ1n) is 7.36. The van der Waals surface area contributed by atoms with Gasteiger partial charge in [0.15, 0.2) is 0 Å². The molecule has 2 heterocycles. The topological polar surface area (TPSA) is 45.6 Å². The van der Waals surface area contributed by atoms with Crippen molar-refractivity contribution in [2.45, 2.75) is 18.5 Å². The SMILES string of the molecule is CN1CCN(C)C(CC(N)c2cc3cc(F)ccc3o2)C1. The Balaban J connectivity index is 1.75. The summed E-state index contributed by atoms with van der Waals surface area (Å²) < 4.78 is 19.0. The van der Waals surface area contributed by atoms with E-state index in [4.69, 9.17) is 10.2 Å². The summed E-state index contributed by atoms with van der Waals surface area (Å²) in [6, 6.07) is 6.65. The van der Waals surface area contributed by atoms with Crippen LogP contribution in [0.1, 0.15) is 18.2 Å². The number of fused-ring (bicyclic) bond motifs is 1. The second-order valence-electron chi connectivity index (χ2n) is 6.07. The van der Waals surface area contributed by atoms with Crippen molar-refractivity contribution < 1.29 is 8.81 Å². The predicted molar refractivity (Wildman–Crippen MR) is 81.6 cm³/mol. The van der Waals surface area contributed by atoms with Crippen LogP contribution in [0.4, 0.5) is 4.39 Å². The highest BCUT2D eigenvalue weighted by Gasteiger charge is 2.25. The molecule has 2 atom stereocenters. The maximum atomic E-state index is 13.2. The Labute approximate surface area is 124 Å². The van der Waals surface area contributed by atoms with Gasteiger partial charge in [0.1, 0.15) is 17.2 Å². The third kappa shape index (κ3) is 3.10. The highest BCUT2D eigenvalue weighted by molar-refractivity contribution is 5.78. The smallest absolute Gasteiger partial charge is 0.134 e. The lowest BCUT2D eigenvalue weighted by molar-refractivity contribution is 0.102. The molecule has 2 aromatic rings. The number of furan rings is 1. The van der Waals surface area contributed by atoms with Crippen molar-refractivity contribution in [1.29, 1.82) is 0 Å². The third-order valence-corrected chi connectivity index (χ3v) is 4.37. The average molecular weight is 291 g/mol. The van der Waals surface area contributed by atoms with Crippen molar-refractivity contribution in [3.63, 3.8) is 0 Å². The lowest BCUT2D eigenvalue weighted by atomic mass is 10.0. The Kier molecular flexibility index (Phi) is 3.97. The monoisotopic (exact) mass is 291 g/mol. The van der Waals surface area contributed by atoms with E-state index in [9.17, 15) is 4.39 Å². The molecule has 1 fully saturated rings. The van der Waals surface area contributed by atoms with Crippen molar-refractivity contribution >= 4 is 11.0 Å². The summed E-state index contributed by atoms with van der Waals surface area (Å²) in [6.07, 6.45) is 0.836. The Morgan fingerprint density at radius 3 is 2.95 bits per heavy atom. The van der Waals surface area contributed by atoms with Gasteiger partial charge in [-0.1, -0.05) is 0 Å². The second-order valence-corrected chi connectivity index (χ2v) is 6.07. The van der Waals surface area contributed by atoms with Gasteiger partial charge in [-0.3, -0.25) is 0 Å². The molecule has 5 heteroatoms. The summed E-state index contributed by atoms with van der Waals surface area (Å²) >= 11 is 0. The van der Waals surface area contributed by atoms with Crippen LogP contribution in [-0.2, 0) is 0 Å². The fraction of sp³-hybridized carbons (Fsp3) is 0.500. The molecular formula is C16H22FN3O. The number of benzene rings is 1. The van der Waals surface area contributed by atoms with Crippen LogP contribution in [0.3, 0.4) is 0 Å². The lowest BCUT2D eigenvalue weighted by Gasteiger charge is -2.38. The van der Waals surface area contributed by atoms with Gasteiger partial charge in [-0.15, -0.1) is 0 Å². The Morgan fingerprint density at radius 1 is 1.33 bits per heavy atom. The van der Waals surface area contributed by atoms with Gasteiger partial charge in [-0.25, -0.2) is 4.39 Å². The first kappa shape index (κ1) is 14.5. The van der Waals surface area contributed by atoms with Crippen molar-refractivity contribution in [2.75, 3.05) is 33.7 Å². The fourth-order valence-corrected chi connectivity index (χ4v) is 2.98. The number of hydrogen-bond donors (Lipinski definition) is 1. The molecule has 1 aliphatic heterocycles. The van der Waals surface area contributed by atoms with Crippen LogP contribution in [0.2, 0.25) is 0 Å². The summed E-state index contributed by atoms with van der Waals surface area (Å²) in [6.45, 7) is 3.16. The average Bonchev–Trinajstić information content (AvgIpc) is 2.86. The van der Waals surface area contributed by atoms with Crippen LogP contribution < -0.4 is 5.73 Å². The minimum atomic E-state index is -0.253. The van der Waals surface area contributed by atoms with Crippen LogP contribution in [-0.4, -0.2) is 49.6 Å². The van der Waals surface area contributed by atoms with Gasteiger partial charge in [-0.2, -0.15) is 0 Å². The number of piperazine rings is 1. The molecule has 4 nitrogen and oxygen atoms in total. The standard InChI is InChI=1S/C16H22FN3O/c1-19-5-6-20(2)13(10-19)9-14(18)16-8-11-7-12(17)3-4-15(11)21-16/h3-4,7-8,13-14H,5-6,9-10,18H2,1-2H3. The summed E-state index contributed by atoms with van der Waals surface area (Å²) in [7, 11) is 4.27. The van der Waals surface area contributed by atoms with Crippen LogP contribution >= 0.6 is 0 Å². The first-order chi connectivity index (χ1) is 10.0. The van der Waals surface area contributed by atoms with E-state index in [-0.39, 0.29) is 11.9 Å². The van der Waals surface area contributed by atoms with Crippen LogP contribution in [0.25, 0.3) is 11.0 Å². The van der Waals surface area contributed by atoms with Gasteiger partial charge in [0.25, 0.3) is 0 Å². The van der Waals surface area contributed by atoms with Crippen molar-refractivity contribution in [2.24, 2.45) is 5.73 Å². The zero-order valence-corrected chi connectivity index (χ0v) is 12.6. The van der Waals surface area contributed by atoms with Gasteiger partial charge in [0.2, 0.25) is 0 Å². The van der Waals surface area contributed by atoms with Crippen LogP contribution in [0.5, 0.6) is 0 Å². The molecule has 0 spiro atoms. The Bertz CT molecular complexity index is 627. The van der Waals surface area contributed by atoms with Crippen molar-refractivity contribution in [3.8, 4) is 0 Å². The fourth-order valence-electron chi connectivity index (χ4n) is 2.98. The van der Waals surface area contributed by atoms with Gasteiger partial charge in [0, 0.05) is 31.1 Å². The molecule has 0 bridgehead atoms. The molecule has 0 radical (unpaired) electrons. The van der Waals surface area contributed by atoms with Crippen molar-refractivity contribution in [3.05, 3.63) is 35.8 Å². The van der Waals surface area contributed by atoms with E-state index in [0.29, 0.717) is 11.6 Å². The molecule has 1 aliphatic rings. The number of nitrogens with zero attached hydrogens (tertiary/aromatic N) is 2. The van der Waals surface area contributed by atoms with Crippen LogP contribution in [0, 0.1) is 5.82 Å². The summed E-state index contributed by atoms with van der Waals surface area (Å²) in [5.74, 6) is 0.481. The van der Waals surface area contributed by atoms with E-state index < -0.39 is 0 Å². The number of hydrogen-bond acceptors (Lipinski definition) is 4. The molecular weight excluding hydrogens is 269 g/mol. The zero-order chi connectivity index (χ0) is 15.0. The van der Waals surface area contributed by atoms with E-state index >= 15 is 0 Å². The first-order valence-corrected chi connectivity index (χ1v) is 7.36. The predicted octanol–water partition coefficient (Wildman–Crippen LogP) is 2.21. The highest BCUT2D eigenvalue weighted by atomic mass is 19.1. The van der Waals surface area contributed by atoms with Gasteiger partial charge < -0.3 is 20.0 Å². The van der Waals surface area contributed by atoms with Crippen LogP contribution in [0.15, 0.2) is 28.7 Å². The minimum absolute atomic E-state index is 0.167. The molecule has 1 aromatic carbocycles. The van der Waals surface area contributed by atoms with E-state index in [1.807, 2.05) is 6.07 Å². The summed E-state index contributed by atoms with van der Waals surface area (Å²) in [5, 5.41) is 0.773. The Morgan fingerprint density at radius 2 is 2.14 bits per heavy atom. The van der Waals surface area contributed by atoms with E-state index in [1.165, 1.54) is 12.1 Å². The molecule has 2 N–H and O–H groups in total. The molecule has 3 rings (SSSR count). The molecule has 114 valence electrons. The van der Waals surface area contributed by atoms with Gasteiger partial charge in [0.05, 0.1) is 6.04 Å². The quantitative estimate of drug-likeness (QED) is 0.942. The maximum Gasteiger partial charge on any atom is 0.134 e. The number of likely N-dealkylation sites (N-methyl/N-ethyl adjacent to an activating group) is 2. The molecule has 2 unspecified atom stereocenters. The van der Waals surface area contributed by atoms with Gasteiger partial charge >= 0.3 is 0 Å². The third-order valence-electron chi connectivity index (χ3n) is 4.37. The summed E-state index contributed by atoms with van der Waals surface area (Å²) in [4.78, 5) is 4.67. The molecule has 0 amide bonds. The van der Waals surface area contributed by atoms with E-state index in [0.717, 1.165) is 37.2 Å². The molecule has 21 heavy (non-hydrogen) atoms. The number of nitrogens with two attached hydrogens (primary N) is 1. The highest BCUT2D eigenvalue weighted by Crippen LogP contribution is 2.27. The molecule has 1 saturated heterocycles. The number of halogens is 1. The van der Waals surface area contributed by atoms with Gasteiger partial charge in [-0.05, 0) is 44.8 Å². The Hall–Kier alpha value is -1.43. The minimum Gasteiger partial charge on any atom is -0.459 e. The van der Waals surface area contributed by atoms with Crippen molar-refractivity contribution in [1.82, 2.24) is 9.80 Å². The summed E-state index contributed by atoms with van der Waals surface area (Å²) in [5.41, 5.74) is 6.99.